The highest BCUT2D eigenvalue weighted by molar-refractivity contribution is 7.22. The van der Waals surface area contributed by atoms with Gasteiger partial charge in [0.05, 0.1) is 10.2 Å². The number of nitrogens with zero attached hydrogens (tertiary/aromatic N) is 2. The number of halogens is 1. The van der Waals surface area contributed by atoms with Crippen LogP contribution in [0, 0.1) is 0 Å². The van der Waals surface area contributed by atoms with Gasteiger partial charge < -0.3 is 0 Å². The number of rotatable bonds is 1. The zero-order valence-corrected chi connectivity index (χ0v) is 11.9. The molecule has 0 aliphatic carbocycles. The molecule has 0 fully saturated rings. The number of benzene rings is 2. The molecule has 0 aliphatic rings. The topological polar surface area (TPSA) is 25.8 Å². The summed E-state index contributed by atoms with van der Waals surface area (Å²) in [6.45, 7) is 0. The molecular weight excluding hydrogens is 288 g/mol. The lowest BCUT2D eigenvalue weighted by Crippen LogP contribution is -1.76. The van der Waals surface area contributed by atoms with Gasteiger partial charge in [-0.05, 0) is 28.5 Å². The number of fused-ring (bicyclic) bond motifs is 2. The second-order valence-corrected chi connectivity index (χ2v) is 5.96. The van der Waals surface area contributed by atoms with Crippen LogP contribution in [0.25, 0.3) is 31.4 Å². The molecule has 0 atom stereocenters. The molecule has 0 unspecified atom stereocenters. The van der Waals surface area contributed by atoms with Crippen LogP contribution in [0.3, 0.4) is 0 Å². The molecule has 20 heavy (non-hydrogen) atoms. The van der Waals surface area contributed by atoms with Crippen molar-refractivity contribution in [2.45, 2.75) is 0 Å². The van der Waals surface area contributed by atoms with Gasteiger partial charge in [-0.1, -0.05) is 48.0 Å². The van der Waals surface area contributed by atoms with Crippen LogP contribution in [0.4, 0.5) is 0 Å². The zero-order valence-electron chi connectivity index (χ0n) is 10.4. The van der Waals surface area contributed by atoms with Crippen molar-refractivity contribution in [2.75, 3.05) is 0 Å². The fourth-order valence-corrected chi connectivity index (χ4v) is 3.55. The maximum absolute atomic E-state index is 6.11. The second kappa shape index (κ2) is 4.54. The summed E-state index contributed by atoms with van der Waals surface area (Å²) in [6.07, 6.45) is 1.50. The minimum atomic E-state index is 0.520. The van der Waals surface area contributed by atoms with E-state index in [0.29, 0.717) is 5.15 Å². The summed E-state index contributed by atoms with van der Waals surface area (Å²) in [5, 5.41) is 3.00. The molecular formula is C16H9ClN2S. The van der Waals surface area contributed by atoms with Crippen molar-refractivity contribution in [3.05, 3.63) is 60.0 Å². The van der Waals surface area contributed by atoms with Crippen LogP contribution in [0.15, 0.2) is 54.9 Å². The largest absolute Gasteiger partial charge is 0.235 e. The molecule has 0 amide bonds. The lowest BCUT2D eigenvalue weighted by Gasteiger charge is -2.00. The van der Waals surface area contributed by atoms with Crippen molar-refractivity contribution in [3.8, 4) is 10.4 Å². The molecule has 2 aromatic carbocycles. The van der Waals surface area contributed by atoms with Crippen LogP contribution >= 0.6 is 22.9 Å². The predicted molar refractivity (Wildman–Crippen MR) is 85.4 cm³/mol. The Kier molecular flexibility index (Phi) is 2.69. The first-order valence-corrected chi connectivity index (χ1v) is 7.40. The zero-order chi connectivity index (χ0) is 13.5. The minimum Gasteiger partial charge on any atom is -0.235 e. The third-order valence-corrected chi connectivity index (χ3v) is 4.88. The van der Waals surface area contributed by atoms with Gasteiger partial charge in [-0.15, -0.1) is 11.3 Å². The molecule has 2 nitrogen and oxygen atoms in total. The summed E-state index contributed by atoms with van der Waals surface area (Å²) < 4.78 is 0.942. The van der Waals surface area contributed by atoms with E-state index in [1.54, 1.807) is 11.3 Å². The van der Waals surface area contributed by atoms with Gasteiger partial charge in [0.15, 0.2) is 0 Å². The monoisotopic (exact) mass is 296 g/mol. The van der Waals surface area contributed by atoms with Gasteiger partial charge in [-0.25, -0.2) is 9.97 Å². The summed E-state index contributed by atoms with van der Waals surface area (Å²) >= 11 is 7.74. The van der Waals surface area contributed by atoms with Crippen molar-refractivity contribution < 1.29 is 0 Å². The van der Waals surface area contributed by atoms with Crippen molar-refractivity contribution in [1.29, 1.82) is 0 Å². The lowest BCUT2D eigenvalue weighted by molar-refractivity contribution is 1.23. The smallest absolute Gasteiger partial charge is 0.150 e. The SMILES string of the molecule is Clc1ncnc2cc(-c3ccc4ccccc4c3)sc12. The fourth-order valence-electron chi connectivity index (χ4n) is 2.31. The third kappa shape index (κ3) is 1.87. The Bertz CT molecular complexity index is 930. The maximum Gasteiger partial charge on any atom is 0.150 e. The Morgan fingerprint density at radius 2 is 1.75 bits per heavy atom. The highest BCUT2D eigenvalue weighted by Gasteiger charge is 2.09. The minimum absolute atomic E-state index is 0.520. The van der Waals surface area contributed by atoms with E-state index in [9.17, 15) is 0 Å². The highest BCUT2D eigenvalue weighted by atomic mass is 35.5. The number of hydrogen-bond donors (Lipinski definition) is 0. The molecule has 0 spiro atoms. The quantitative estimate of drug-likeness (QED) is 0.453. The molecule has 96 valence electrons. The summed E-state index contributed by atoms with van der Waals surface area (Å²) in [5.74, 6) is 0. The molecule has 4 heteroatoms. The van der Waals surface area contributed by atoms with Gasteiger partial charge in [0.25, 0.3) is 0 Å². The summed E-state index contributed by atoms with van der Waals surface area (Å²) in [7, 11) is 0. The first-order chi connectivity index (χ1) is 9.81. The van der Waals surface area contributed by atoms with Crippen LogP contribution in [-0.2, 0) is 0 Å². The van der Waals surface area contributed by atoms with E-state index < -0.39 is 0 Å². The average Bonchev–Trinajstić information content (AvgIpc) is 2.92. The first kappa shape index (κ1) is 11.8. The fraction of sp³-hybridized carbons (Fsp3) is 0. The second-order valence-electron chi connectivity index (χ2n) is 4.55. The van der Waals surface area contributed by atoms with Gasteiger partial charge in [0.1, 0.15) is 11.5 Å². The van der Waals surface area contributed by atoms with E-state index in [-0.39, 0.29) is 0 Å². The van der Waals surface area contributed by atoms with Crippen molar-refractivity contribution in [2.24, 2.45) is 0 Å². The van der Waals surface area contributed by atoms with E-state index in [0.717, 1.165) is 15.1 Å². The van der Waals surface area contributed by atoms with Crippen LogP contribution in [-0.4, -0.2) is 9.97 Å². The molecule has 0 radical (unpaired) electrons. The van der Waals surface area contributed by atoms with Gasteiger partial charge in [0, 0.05) is 4.88 Å². The van der Waals surface area contributed by atoms with Crippen molar-refractivity contribution in [1.82, 2.24) is 9.97 Å². The third-order valence-electron chi connectivity index (χ3n) is 3.30. The van der Waals surface area contributed by atoms with Crippen LogP contribution in [0.1, 0.15) is 0 Å². The number of hydrogen-bond acceptors (Lipinski definition) is 3. The molecule has 4 rings (SSSR count). The lowest BCUT2D eigenvalue weighted by atomic mass is 10.1. The van der Waals surface area contributed by atoms with E-state index in [2.05, 4.69) is 58.5 Å². The summed E-state index contributed by atoms with van der Waals surface area (Å²) in [4.78, 5) is 9.45. The molecule has 0 aliphatic heterocycles. The molecule has 4 aromatic rings. The summed E-state index contributed by atoms with van der Waals surface area (Å²) in [6, 6.07) is 16.9. The van der Waals surface area contributed by atoms with E-state index in [1.807, 2.05) is 0 Å². The Hall–Kier alpha value is -1.97. The van der Waals surface area contributed by atoms with Crippen molar-refractivity contribution in [3.63, 3.8) is 0 Å². The predicted octanol–water partition coefficient (Wildman–Crippen LogP) is 5.16. The standard InChI is InChI=1S/C16H9ClN2S/c17-16-15-13(18-9-19-16)8-14(20-15)12-6-5-10-3-1-2-4-11(10)7-12/h1-9H. The normalized spacial score (nSPS) is 11.2. The molecule has 0 saturated carbocycles. The molecule has 0 bridgehead atoms. The number of thiophene rings is 1. The van der Waals surface area contributed by atoms with Crippen molar-refractivity contribution >= 4 is 43.9 Å². The Balaban J connectivity index is 1.94. The van der Waals surface area contributed by atoms with E-state index >= 15 is 0 Å². The maximum atomic E-state index is 6.11. The van der Waals surface area contributed by atoms with Gasteiger partial charge in [-0.3, -0.25) is 0 Å². The first-order valence-electron chi connectivity index (χ1n) is 6.20. The number of aromatic nitrogens is 2. The molecule has 2 heterocycles. The Morgan fingerprint density at radius 1 is 0.900 bits per heavy atom. The summed E-state index contributed by atoms with van der Waals surface area (Å²) in [5.41, 5.74) is 2.08. The molecule has 0 saturated heterocycles. The average molecular weight is 297 g/mol. The Labute approximate surface area is 124 Å². The van der Waals surface area contributed by atoms with Gasteiger partial charge in [-0.2, -0.15) is 0 Å². The van der Waals surface area contributed by atoms with Crippen LogP contribution in [0.5, 0.6) is 0 Å². The molecule has 0 N–H and O–H groups in total. The van der Waals surface area contributed by atoms with Crippen LogP contribution in [0.2, 0.25) is 5.15 Å². The Morgan fingerprint density at radius 3 is 2.60 bits per heavy atom. The van der Waals surface area contributed by atoms with Crippen LogP contribution < -0.4 is 0 Å². The van der Waals surface area contributed by atoms with E-state index in [4.69, 9.17) is 11.6 Å². The highest BCUT2D eigenvalue weighted by Crippen LogP contribution is 2.36. The van der Waals surface area contributed by atoms with E-state index in [1.165, 1.54) is 22.7 Å². The van der Waals surface area contributed by atoms with Gasteiger partial charge >= 0.3 is 0 Å². The molecule has 2 aromatic heterocycles. The van der Waals surface area contributed by atoms with Gasteiger partial charge in [0.2, 0.25) is 0 Å².